The summed E-state index contributed by atoms with van der Waals surface area (Å²) in [7, 11) is 1.89. The lowest BCUT2D eigenvalue weighted by Gasteiger charge is -2.17. The molecular formula is C19H21FN4O3. The van der Waals surface area contributed by atoms with Gasteiger partial charge in [0.2, 0.25) is 11.8 Å². The van der Waals surface area contributed by atoms with Crippen LogP contribution in [0.3, 0.4) is 0 Å². The number of halogens is 1. The van der Waals surface area contributed by atoms with Gasteiger partial charge in [-0.1, -0.05) is 0 Å². The molecule has 2 aromatic rings. The molecule has 1 saturated heterocycles. The lowest BCUT2D eigenvalue weighted by molar-refractivity contribution is -0.126. The molecule has 2 aliphatic heterocycles. The van der Waals surface area contributed by atoms with Gasteiger partial charge in [-0.3, -0.25) is 14.3 Å². The Balaban J connectivity index is 1.39. The van der Waals surface area contributed by atoms with Crippen molar-refractivity contribution in [3.8, 4) is 0 Å². The number of carbonyl (C=O) groups excluding carboxylic acids is 2. The minimum Gasteiger partial charge on any atom is -0.376 e. The van der Waals surface area contributed by atoms with Crippen LogP contribution in [0.1, 0.15) is 23.4 Å². The van der Waals surface area contributed by atoms with E-state index in [1.54, 1.807) is 12.1 Å². The Bertz CT molecular complexity index is 878. The molecule has 1 aromatic heterocycles. The average molecular weight is 372 g/mol. The molecule has 2 amide bonds. The number of benzene rings is 1. The van der Waals surface area contributed by atoms with Crippen molar-refractivity contribution < 1.29 is 18.7 Å². The van der Waals surface area contributed by atoms with Gasteiger partial charge in [0, 0.05) is 43.4 Å². The van der Waals surface area contributed by atoms with Crippen LogP contribution in [0.25, 0.3) is 0 Å². The van der Waals surface area contributed by atoms with Crippen molar-refractivity contribution >= 4 is 17.5 Å². The Morgan fingerprint density at radius 3 is 2.93 bits per heavy atom. The van der Waals surface area contributed by atoms with Crippen molar-refractivity contribution in [1.29, 1.82) is 0 Å². The van der Waals surface area contributed by atoms with E-state index in [-0.39, 0.29) is 24.1 Å². The number of fused-ring (bicyclic) bond motifs is 1. The van der Waals surface area contributed by atoms with Crippen LogP contribution in [-0.4, -0.2) is 34.7 Å². The molecule has 3 heterocycles. The second-order valence-electron chi connectivity index (χ2n) is 6.90. The number of hydrogen-bond donors (Lipinski definition) is 1. The molecule has 1 aromatic carbocycles. The molecule has 0 aliphatic carbocycles. The van der Waals surface area contributed by atoms with Crippen LogP contribution in [0.2, 0.25) is 0 Å². The van der Waals surface area contributed by atoms with Gasteiger partial charge < -0.3 is 15.0 Å². The smallest absolute Gasteiger partial charge is 0.227 e. The summed E-state index contributed by atoms with van der Waals surface area (Å²) < 4.78 is 20.4. The van der Waals surface area contributed by atoms with Gasteiger partial charge in [-0.05, 0) is 24.3 Å². The highest BCUT2D eigenvalue weighted by atomic mass is 19.1. The van der Waals surface area contributed by atoms with Crippen LogP contribution in [0.5, 0.6) is 0 Å². The maximum atomic E-state index is 13.1. The van der Waals surface area contributed by atoms with Gasteiger partial charge in [0.25, 0.3) is 0 Å². The van der Waals surface area contributed by atoms with Gasteiger partial charge in [0.15, 0.2) is 0 Å². The monoisotopic (exact) mass is 372 g/mol. The molecule has 0 radical (unpaired) electrons. The molecule has 27 heavy (non-hydrogen) atoms. The van der Waals surface area contributed by atoms with Crippen LogP contribution in [0.4, 0.5) is 10.1 Å². The first kappa shape index (κ1) is 17.7. The predicted octanol–water partition coefficient (Wildman–Crippen LogP) is 1.30. The van der Waals surface area contributed by atoms with Crippen LogP contribution in [0, 0.1) is 11.7 Å². The molecule has 7 nitrogen and oxygen atoms in total. The second-order valence-corrected chi connectivity index (χ2v) is 6.90. The largest absolute Gasteiger partial charge is 0.376 e. The Morgan fingerprint density at radius 2 is 2.15 bits per heavy atom. The standard InChI is InChI=1S/C19H21FN4O3/c1-23-17-6-7-27-11-15(17)16(22-23)9-21-19(26)12-8-18(25)24(10-12)14-4-2-13(20)3-5-14/h2-5,12H,6-11H2,1H3,(H,21,26). The maximum Gasteiger partial charge on any atom is 0.227 e. The molecule has 1 unspecified atom stereocenters. The Labute approximate surface area is 156 Å². The zero-order chi connectivity index (χ0) is 19.0. The Kier molecular flexibility index (Phi) is 4.65. The van der Waals surface area contributed by atoms with Crippen molar-refractivity contribution in [1.82, 2.24) is 15.1 Å². The molecule has 1 N–H and O–H groups in total. The molecule has 0 saturated carbocycles. The number of rotatable bonds is 4. The Morgan fingerprint density at radius 1 is 1.37 bits per heavy atom. The molecule has 8 heteroatoms. The molecule has 4 rings (SSSR count). The number of aryl methyl sites for hydroxylation is 1. The maximum absolute atomic E-state index is 13.1. The molecule has 0 bridgehead atoms. The van der Waals surface area contributed by atoms with Gasteiger partial charge in [-0.25, -0.2) is 4.39 Å². The van der Waals surface area contributed by atoms with Crippen LogP contribution in [0.15, 0.2) is 24.3 Å². The first-order valence-corrected chi connectivity index (χ1v) is 8.98. The average Bonchev–Trinajstić information content (AvgIpc) is 3.21. The van der Waals surface area contributed by atoms with Crippen molar-refractivity contribution in [2.45, 2.75) is 26.0 Å². The van der Waals surface area contributed by atoms with E-state index in [4.69, 9.17) is 4.74 Å². The van der Waals surface area contributed by atoms with E-state index >= 15 is 0 Å². The fourth-order valence-electron chi connectivity index (χ4n) is 3.70. The molecular weight excluding hydrogens is 351 g/mol. The Hall–Kier alpha value is -2.74. The highest BCUT2D eigenvalue weighted by Crippen LogP contribution is 2.26. The molecule has 142 valence electrons. The van der Waals surface area contributed by atoms with E-state index in [0.29, 0.717) is 32.0 Å². The number of anilines is 1. The van der Waals surface area contributed by atoms with E-state index in [2.05, 4.69) is 10.4 Å². The summed E-state index contributed by atoms with van der Waals surface area (Å²) in [6.45, 7) is 1.79. The second kappa shape index (κ2) is 7.11. The van der Waals surface area contributed by atoms with Gasteiger partial charge in [0.05, 0.1) is 31.4 Å². The number of hydrogen-bond acceptors (Lipinski definition) is 4. The zero-order valence-electron chi connectivity index (χ0n) is 15.1. The van der Waals surface area contributed by atoms with E-state index in [9.17, 15) is 14.0 Å². The van der Waals surface area contributed by atoms with Crippen molar-refractivity contribution in [2.24, 2.45) is 13.0 Å². The number of ether oxygens (including phenoxy) is 1. The predicted molar refractivity (Wildman–Crippen MR) is 95.3 cm³/mol. The third kappa shape index (κ3) is 3.44. The fraction of sp³-hybridized carbons (Fsp3) is 0.421. The SMILES string of the molecule is Cn1nc(CNC(=O)C2CC(=O)N(c3ccc(F)cc3)C2)c2c1CCOC2. The number of aromatic nitrogens is 2. The topological polar surface area (TPSA) is 76.5 Å². The molecule has 2 aliphatic rings. The number of nitrogens with zero attached hydrogens (tertiary/aromatic N) is 3. The fourth-order valence-corrected chi connectivity index (χ4v) is 3.70. The third-order valence-corrected chi connectivity index (χ3v) is 5.15. The van der Waals surface area contributed by atoms with Gasteiger partial charge in [0.1, 0.15) is 5.82 Å². The van der Waals surface area contributed by atoms with Crippen molar-refractivity contribution in [3.63, 3.8) is 0 Å². The normalized spacial score (nSPS) is 19.3. The summed E-state index contributed by atoms with van der Waals surface area (Å²) in [6.07, 6.45) is 0.961. The molecule has 0 spiro atoms. The minimum atomic E-state index is -0.432. The summed E-state index contributed by atoms with van der Waals surface area (Å²) in [5.41, 5.74) is 3.59. The summed E-state index contributed by atoms with van der Waals surface area (Å²) in [5, 5.41) is 7.38. The van der Waals surface area contributed by atoms with Gasteiger partial charge >= 0.3 is 0 Å². The van der Waals surface area contributed by atoms with Gasteiger partial charge in [-0.2, -0.15) is 5.10 Å². The van der Waals surface area contributed by atoms with Crippen LogP contribution < -0.4 is 10.2 Å². The first-order chi connectivity index (χ1) is 13.0. The molecule has 1 atom stereocenters. The van der Waals surface area contributed by atoms with E-state index in [1.165, 1.54) is 17.0 Å². The van der Waals surface area contributed by atoms with Crippen LogP contribution in [-0.2, 0) is 40.9 Å². The lowest BCUT2D eigenvalue weighted by atomic mass is 10.1. The van der Waals surface area contributed by atoms with Crippen molar-refractivity contribution in [3.05, 3.63) is 47.0 Å². The van der Waals surface area contributed by atoms with E-state index < -0.39 is 5.92 Å². The third-order valence-electron chi connectivity index (χ3n) is 5.15. The number of nitrogens with one attached hydrogen (secondary N) is 1. The van der Waals surface area contributed by atoms with Crippen molar-refractivity contribution in [2.75, 3.05) is 18.1 Å². The highest BCUT2D eigenvalue weighted by molar-refractivity contribution is 6.00. The van der Waals surface area contributed by atoms with E-state index in [0.717, 1.165) is 23.4 Å². The molecule has 1 fully saturated rings. The first-order valence-electron chi connectivity index (χ1n) is 8.98. The quantitative estimate of drug-likeness (QED) is 0.878. The zero-order valence-corrected chi connectivity index (χ0v) is 15.1. The minimum absolute atomic E-state index is 0.134. The summed E-state index contributed by atoms with van der Waals surface area (Å²) in [5.74, 6) is -1.10. The van der Waals surface area contributed by atoms with Gasteiger partial charge in [-0.15, -0.1) is 0 Å². The summed E-state index contributed by atoms with van der Waals surface area (Å²) in [4.78, 5) is 26.3. The van der Waals surface area contributed by atoms with Crippen LogP contribution >= 0.6 is 0 Å². The number of carbonyl (C=O) groups is 2. The highest BCUT2D eigenvalue weighted by Gasteiger charge is 2.35. The van der Waals surface area contributed by atoms with E-state index in [1.807, 2.05) is 11.7 Å². The summed E-state index contributed by atoms with van der Waals surface area (Å²) in [6, 6.07) is 5.71. The summed E-state index contributed by atoms with van der Waals surface area (Å²) >= 11 is 0. The number of amides is 2. The lowest BCUT2D eigenvalue weighted by Crippen LogP contribution is -2.33.